The molecule has 1 unspecified atom stereocenters. The minimum absolute atomic E-state index is 0.264. The Kier molecular flexibility index (Phi) is 9.27. The Balaban J connectivity index is 2.34. The molecule has 0 aliphatic carbocycles. The number of ketones is 1. The van der Waals surface area contributed by atoms with Crippen LogP contribution in [0.2, 0.25) is 5.02 Å². The van der Waals surface area contributed by atoms with Crippen LogP contribution in [-0.4, -0.2) is 45.2 Å². The monoisotopic (exact) mass is 463 g/mol. The molecule has 2 aromatic rings. The van der Waals surface area contributed by atoms with Crippen molar-refractivity contribution in [2.24, 2.45) is 10.2 Å². The molecule has 1 N–H and O–H groups in total. The molecule has 172 valence electrons. The van der Waals surface area contributed by atoms with E-state index in [1.165, 1.54) is 21.1 Å². The second-order valence-corrected chi connectivity index (χ2v) is 6.76. The highest BCUT2D eigenvalue weighted by atomic mass is 35.5. The Morgan fingerprint density at radius 3 is 1.97 bits per heavy atom. The first-order chi connectivity index (χ1) is 15.4. The lowest BCUT2D eigenvalue weighted by molar-refractivity contribution is -0.126. The molecule has 1 amide bonds. The van der Waals surface area contributed by atoms with Crippen molar-refractivity contribution in [3.05, 3.63) is 35.4 Å². The maximum atomic E-state index is 12.8. The van der Waals surface area contributed by atoms with Gasteiger partial charge in [0.25, 0.3) is 5.91 Å². The summed E-state index contributed by atoms with van der Waals surface area (Å²) in [5.74, 6) is 0.282. The lowest BCUT2D eigenvalue weighted by Gasteiger charge is -2.15. The molecule has 32 heavy (non-hydrogen) atoms. The van der Waals surface area contributed by atoms with E-state index in [1.807, 2.05) is 0 Å². The molecule has 0 saturated heterocycles. The van der Waals surface area contributed by atoms with Crippen molar-refractivity contribution in [1.29, 1.82) is 0 Å². The average molecular weight is 464 g/mol. The molecular formula is C22H26ClN3O6. The standard InChI is InChI=1S/C22H26ClN3O6/c1-6-31-17-11-14(12-18(19(17)23)32-7-2)24-22(28)20(13(3)27)25-26-21-15(29-4)9-8-10-16(21)30-5/h8-12,20H,6-7H2,1-5H3,(H,24,28). The molecule has 0 aliphatic rings. The van der Waals surface area contributed by atoms with Crippen LogP contribution in [0, 0.1) is 0 Å². The average Bonchev–Trinajstić information content (AvgIpc) is 2.77. The second-order valence-electron chi connectivity index (χ2n) is 6.38. The van der Waals surface area contributed by atoms with Gasteiger partial charge in [0.15, 0.2) is 11.5 Å². The molecule has 0 aliphatic heterocycles. The third kappa shape index (κ3) is 6.10. The summed E-state index contributed by atoms with van der Waals surface area (Å²) < 4.78 is 21.5. The molecule has 0 fully saturated rings. The Morgan fingerprint density at radius 1 is 1.00 bits per heavy atom. The van der Waals surface area contributed by atoms with Crippen molar-refractivity contribution in [3.63, 3.8) is 0 Å². The SMILES string of the molecule is CCOc1cc(NC(=O)C(N=Nc2c(OC)cccc2OC)C(C)=O)cc(OCC)c1Cl. The predicted octanol–water partition coefficient (Wildman–Crippen LogP) is 4.83. The van der Waals surface area contributed by atoms with E-state index >= 15 is 0 Å². The number of hydrogen-bond acceptors (Lipinski definition) is 8. The number of methoxy groups -OCH3 is 2. The zero-order valence-corrected chi connectivity index (χ0v) is 19.4. The zero-order valence-electron chi connectivity index (χ0n) is 18.6. The van der Waals surface area contributed by atoms with Crippen LogP contribution in [0.1, 0.15) is 20.8 Å². The molecule has 1 atom stereocenters. The lowest BCUT2D eigenvalue weighted by Crippen LogP contribution is -2.31. The van der Waals surface area contributed by atoms with E-state index in [-0.39, 0.29) is 10.7 Å². The van der Waals surface area contributed by atoms with E-state index in [0.29, 0.717) is 41.9 Å². The van der Waals surface area contributed by atoms with Crippen LogP contribution in [0.25, 0.3) is 0 Å². The van der Waals surface area contributed by atoms with Crippen molar-refractivity contribution >= 4 is 34.7 Å². The van der Waals surface area contributed by atoms with Crippen molar-refractivity contribution in [2.75, 3.05) is 32.8 Å². The van der Waals surface area contributed by atoms with E-state index in [1.54, 1.807) is 44.2 Å². The first kappa shape index (κ1) is 24.9. The highest BCUT2D eigenvalue weighted by molar-refractivity contribution is 6.33. The zero-order chi connectivity index (χ0) is 23.7. The molecule has 0 saturated carbocycles. The van der Waals surface area contributed by atoms with Crippen LogP contribution < -0.4 is 24.3 Å². The number of anilines is 1. The number of nitrogens with one attached hydrogen (secondary N) is 1. The summed E-state index contributed by atoms with van der Waals surface area (Å²) in [4.78, 5) is 25.0. The number of ether oxygens (including phenoxy) is 4. The topological polar surface area (TPSA) is 108 Å². The van der Waals surface area contributed by atoms with E-state index < -0.39 is 17.7 Å². The number of halogens is 1. The summed E-state index contributed by atoms with van der Waals surface area (Å²) in [6, 6.07) is 6.74. The van der Waals surface area contributed by atoms with E-state index in [4.69, 9.17) is 30.5 Å². The number of carbonyl (C=O) groups excluding carboxylic acids is 2. The number of benzene rings is 2. The van der Waals surface area contributed by atoms with Gasteiger partial charge >= 0.3 is 0 Å². The summed E-state index contributed by atoms with van der Waals surface area (Å²) in [5, 5.41) is 11.0. The fourth-order valence-electron chi connectivity index (χ4n) is 2.74. The van der Waals surface area contributed by atoms with Gasteiger partial charge in [0.1, 0.15) is 28.0 Å². The van der Waals surface area contributed by atoms with Gasteiger partial charge in [0.05, 0.1) is 27.4 Å². The molecule has 2 rings (SSSR count). The Labute approximate surface area is 191 Å². The number of azo groups is 1. The molecule has 0 heterocycles. The number of rotatable bonds is 11. The van der Waals surface area contributed by atoms with E-state index in [2.05, 4.69) is 15.5 Å². The van der Waals surface area contributed by atoms with Crippen LogP contribution in [0.3, 0.4) is 0 Å². The van der Waals surface area contributed by atoms with Gasteiger partial charge in [-0.2, -0.15) is 5.11 Å². The maximum Gasteiger partial charge on any atom is 0.258 e. The normalized spacial score (nSPS) is 11.7. The fourth-order valence-corrected chi connectivity index (χ4v) is 2.96. The van der Waals surface area contributed by atoms with Crippen molar-refractivity contribution < 1.29 is 28.5 Å². The first-order valence-corrected chi connectivity index (χ1v) is 10.3. The molecule has 0 bridgehead atoms. The van der Waals surface area contributed by atoms with Gasteiger partial charge in [-0.05, 0) is 32.9 Å². The fraction of sp³-hybridized carbons (Fsp3) is 0.364. The molecule has 2 aromatic carbocycles. The quantitative estimate of drug-likeness (QED) is 0.377. The van der Waals surface area contributed by atoms with Crippen LogP contribution >= 0.6 is 11.6 Å². The summed E-state index contributed by atoms with van der Waals surface area (Å²) in [6.07, 6.45) is 0. The number of nitrogens with zero attached hydrogens (tertiary/aromatic N) is 2. The predicted molar refractivity (Wildman–Crippen MR) is 121 cm³/mol. The molecule has 0 radical (unpaired) electrons. The van der Waals surface area contributed by atoms with Crippen LogP contribution in [-0.2, 0) is 9.59 Å². The summed E-state index contributed by atoms with van der Waals surface area (Å²) in [6.45, 7) is 5.60. The number of amides is 1. The second kappa shape index (κ2) is 11.9. The van der Waals surface area contributed by atoms with Crippen molar-refractivity contribution in [2.45, 2.75) is 26.8 Å². The summed E-state index contributed by atoms with van der Waals surface area (Å²) in [7, 11) is 2.94. The maximum absolute atomic E-state index is 12.8. The third-order valence-electron chi connectivity index (χ3n) is 4.18. The summed E-state index contributed by atoms with van der Waals surface area (Å²) >= 11 is 6.29. The molecule has 0 aromatic heterocycles. The van der Waals surface area contributed by atoms with Gasteiger partial charge in [0, 0.05) is 17.8 Å². The van der Waals surface area contributed by atoms with Crippen molar-refractivity contribution in [1.82, 2.24) is 0 Å². The Hall–Kier alpha value is -3.33. The van der Waals surface area contributed by atoms with Gasteiger partial charge in [-0.15, -0.1) is 5.11 Å². The van der Waals surface area contributed by atoms with Crippen LogP contribution in [0.15, 0.2) is 40.6 Å². The third-order valence-corrected chi connectivity index (χ3v) is 4.55. The summed E-state index contributed by atoms with van der Waals surface area (Å²) in [5.41, 5.74) is 0.600. The smallest absolute Gasteiger partial charge is 0.258 e. The lowest BCUT2D eigenvalue weighted by atomic mass is 10.2. The minimum Gasteiger partial charge on any atom is -0.494 e. The molecule has 9 nitrogen and oxygen atoms in total. The Bertz CT molecular complexity index is 946. The molecule has 10 heteroatoms. The number of hydrogen-bond donors (Lipinski definition) is 1. The minimum atomic E-state index is -1.40. The van der Waals surface area contributed by atoms with Gasteiger partial charge in [-0.25, -0.2) is 0 Å². The van der Waals surface area contributed by atoms with Crippen LogP contribution in [0.4, 0.5) is 11.4 Å². The van der Waals surface area contributed by atoms with E-state index in [0.717, 1.165) is 0 Å². The largest absolute Gasteiger partial charge is 0.494 e. The molecule has 0 spiro atoms. The van der Waals surface area contributed by atoms with Gasteiger partial charge in [0.2, 0.25) is 6.04 Å². The Morgan fingerprint density at radius 2 is 1.53 bits per heavy atom. The van der Waals surface area contributed by atoms with Gasteiger partial charge in [-0.1, -0.05) is 17.7 Å². The number of Topliss-reactive ketones (excluding diaryl/α,β-unsaturated/α-hetero) is 1. The highest BCUT2D eigenvalue weighted by Gasteiger charge is 2.25. The van der Waals surface area contributed by atoms with Crippen LogP contribution in [0.5, 0.6) is 23.0 Å². The highest BCUT2D eigenvalue weighted by Crippen LogP contribution is 2.39. The van der Waals surface area contributed by atoms with Gasteiger partial charge < -0.3 is 24.3 Å². The van der Waals surface area contributed by atoms with Crippen molar-refractivity contribution in [3.8, 4) is 23.0 Å². The van der Waals surface area contributed by atoms with Gasteiger partial charge in [-0.3, -0.25) is 9.59 Å². The van der Waals surface area contributed by atoms with E-state index in [9.17, 15) is 9.59 Å². The first-order valence-electron chi connectivity index (χ1n) is 9.88. The number of carbonyl (C=O) groups is 2. The molecular weight excluding hydrogens is 438 g/mol.